The van der Waals surface area contributed by atoms with E-state index < -0.39 is 0 Å². The Kier molecular flexibility index (Phi) is 8.95. The lowest BCUT2D eigenvalue weighted by molar-refractivity contribution is -0.136. The number of nitrogens with zero attached hydrogens (tertiary/aromatic N) is 2. The highest BCUT2D eigenvalue weighted by molar-refractivity contribution is 5.78. The average Bonchev–Trinajstić information content (AvgIpc) is 3.02. The Morgan fingerprint density at radius 1 is 1.12 bits per heavy atom. The quantitative estimate of drug-likeness (QED) is 0.454. The minimum Gasteiger partial charge on any atom is -0.490 e. The van der Waals surface area contributed by atoms with E-state index in [-0.39, 0.29) is 11.8 Å². The summed E-state index contributed by atoms with van der Waals surface area (Å²) < 4.78 is 11.8. The number of benzene rings is 1. The van der Waals surface area contributed by atoms with Crippen LogP contribution in [0.1, 0.15) is 63.3 Å². The standard InChI is InChI=1S/C27H38N2O3/c1-20(2)18-29(19-23-16-22(4)26-25(17-23)31-14-9-15-32-26)27(30)21(3)10-5-6-11-24-12-7-8-13-28-24/h7-8,12-13,16-17,20-21H,5-6,9-11,14-15,18-19H2,1-4H3. The topological polar surface area (TPSA) is 51.7 Å². The van der Waals surface area contributed by atoms with Gasteiger partial charge in [0.05, 0.1) is 13.2 Å². The van der Waals surface area contributed by atoms with E-state index >= 15 is 0 Å². The first-order chi connectivity index (χ1) is 15.4. The predicted molar refractivity (Wildman–Crippen MR) is 128 cm³/mol. The van der Waals surface area contributed by atoms with Crippen LogP contribution in [0, 0.1) is 18.8 Å². The summed E-state index contributed by atoms with van der Waals surface area (Å²) >= 11 is 0. The lowest BCUT2D eigenvalue weighted by Gasteiger charge is -2.28. The monoisotopic (exact) mass is 438 g/mol. The van der Waals surface area contributed by atoms with Crippen molar-refractivity contribution in [3.63, 3.8) is 0 Å². The number of fused-ring (bicyclic) bond motifs is 1. The highest BCUT2D eigenvalue weighted by atomic mass is 16.5. The summed E-state index contributed by atoms with van der Waals surface area (Å²) in [7, 11) is 0. The molecule has 0 saturated heterocycles. The molecule has 0 aliphatic carbocycles. The summed E-state index contributed by atoms with van der Waals surface area (Å²) in [6.07, 6.45) is 6.68. The van der Waals surface area contributed by atoms with Crippen LogP contribution in [0.25, 0.3) is 0 Å². The van der Waals surface area contributed by atoms with Crippen molar-refractivity contribution in [1.82, 2.24) is 9.88 Å². The Morgan fingerprint density at radius 2 is 1.94 bits per heavy atom. The zero-order valence-corrected chi connectivity index (χ0v) is 20.1. The maximum Gasteiger partial charge on any atom is 0.225 e. The third-order valence-electron chi connectivity index (χ3n) is 5.83. The molecule has 174 valence electrons. The van der Waals surface area contributed by atoms with Gasteiger partial charge < -0.3 is 14.4 Å². The van der Waals surface area contributed by atoms with Crippen molar-refractivity contribution < 1.29 is 14.3 Å². The molecule has 32 heavy (non-hydrogen) atoms. The van der Waals surface area contributed by atoms with Crippen LogP contribution in [0.3, 0.4) is 0 Å². The number of carbonyl (C=O) groups excluding carboxylic acids is 1. The van der Waals surface area contributed by atoms with Crippen molar-refractivity contribution >= 4 is 5.91 Å². The summed E-state index contributed by atoms with van der Waals surface area (Å²) in [5.74, 6) is 2.31. The molecule has 1 aromatic carbocycles. The minimum atomic E-state index is 0.0130. The molecule has 1 atom stereocenters. The highest BCUT2D eigenvalue weighted by Gasteiger charge is 2.23. The summed E-state index contributed by atoms with van der Waals surface area (Å²) in [6.45, 7) is 11.2. The number of amides is 1. The maximum absolute atomic E-state index is 13.3. The van der Waals surface area contributed by atoms with Gasteiger partial charge in [0.1, 0.15) is 0 Å². The summed E-state index contributed by atoms with van der Waals surface area (Å²) in [5, 5.41) is 0. The highest BCUT2D eigenvalue weighted by Crippen LogP contribution is 2.35. The fourth-order valence-electron chi connectivity index (χ4n) is 4.24. The molecule has 0 saturated carbocycles. The summed E-state index contributed by atoms with van der Waals surface area (Å²) in [6, 6.07) is 10.2. The molecule has 3 rings (SSSR count). The van der Waals surface area contributed by atoms with Crippen molar-refractivity contribution in [2.75, 3.05) is 19.8 Å². The normalized spacial score (nSPS) is 14.2. The summed E-state index contributed by atoms with van der Waals surface area (Å²) in [5.41, 5.74) is 3.29. The van der Waals surface area contributed by atoms with E-state index in [1.165, 1.54) is 0 Å². The molecule has 1 aromatic heterocycles. The first kappa shape index (κ1) is 24.1. The third kappa shape index (κ3) is 6.98. The minimum absolute atomic E-state index is 0.0130. The van der Waals surface area contributed by atoms with Crippen LogP contribution in [-0.2, 0) is 17.8 Å². The largest absolute Gasteiger partial charge is 0.490 e. The first-order valence-corrected chi connectivity index (χ1v) is 12.0. The lowest BCUT2D eigenvalue weighted by Crippen LogP contribution is -2.37. The molecule has 0 bridgehead atoms. The van der Waals surface area contributed by atoms with Gasteiger partial charge in [-0.05, 0) is 61.4 Å². The molecule has 1 amide bonds. The van der Waals surface area contributed by atoms with Crippen molar-refractivity contribution in [2.24, 2.45) is 11.8 Å². The first-order valence-electron chi connectivity index (χ1n) is 12.0. The van der Waals surface area contributed by atoms with Gasteiger partial charge in [0.2, 0.25) is 5.91 Å². The van der Waals surface area contributed by atoms with Gasteiger partial charge in [-0.2, -0.15) is 0 Å². The van der Waals surface area contributed by atoms with Crippen molar-refractivity contribution in [2.45, 2.75) is 66.3 Å². The number of aryl methyl sites for hydroxylation is 2. The second-order valence-electron chi connectivity index (χ2n) is 9.37. The van der Waals surface area contributed by atoms with Gasteiger partial charge in [-0.25, -0.2) is 0 Å². The van der Waals surface area contributed by atoms with E-state index in [2.05, 4.69) is 44.8 Å². The van der Waals surface area contributed by atoms with Crippen LogP contribution in [-0.4, -0.2) is 35.5 Å². The van der Waals surface area contributed by atoms with Gasteiger partial charge in [-0.15, -0.1) is 0 Å². The molecular formula is C27H38N2O3. The average molecular weight is 439 g/mol. The molecule has 1 unspecified atom stereocenters. The SMILES string of the molecule is Cc1cc(CN(CC(C)C)C(=O)C(C)CCCCc2ccccn2)cc2c1OCCCO2. The van der Waals surface area contributed by atoms with Crippen LogP contribution in [0.2, 0.25) is 0 Å². The molecule has 0 spiro atoms. The number of aromatic nitrogens is 1. The maximum atomic E-state index is 13.3. The van der Waals surface area contributed by atoms with E-state index in [0.717, 1.165) is 67.0 Å². The fraction of sp³-hybridized carbons (Fsp3) is 0.556. The lowest BCUT2D eigenvalue weighted by atomic mass is 9.99. The van der Waals surface area contributed by atoms with Gasteiger partial charge in [0, 0.05) is 37.3 Å². The number of unbranched alkanes of at least 4 members (excludes halogenated alkanes) is 1. The molecule has 0 fully saturated rings. The van der Waals surface area contributed by atoms with Gasteiger partial charge in [0.25, 0.3) is 0 Å². The van der Waals surface area contributed by atoms with E-state index in [4.69, 9.17) is 9.47 Å². The number of carbonyl (C=O) groups is 1. The number of rotatable bonds is 10. The van der Waals surface area contributed by atoms with Crippen LogP contribution in [0.15, 0.2) is 36.5 Å². The van der Waals surface area contributed by atoms with Crippen LogP contribution in [0.5, 0.6) is 11.5 Å². The summed E-state index contributed by atoms with van der Waals surface area (Å²) in [4.78, 5) is 19.7. The Bertz CT molecular complexity index is 867. The second-order valence-corrected chi connectivity index (χ2v) is 9.37. The van der Waals surface area contributed by atoms with Crippen LogP contribution < -0.4 is 9.47 Å². The molecule has 0 radical (unpaired) electrons. The van der Waals surface area contributed by atoms with E-state index in [9.17, 15) is 4.79 Å². The van der Waals surface area contributed by atoms with Crippen molar-refractivity contribution in [1.29, 1.82) is 0 Å². The Labute approximate surface area is 193 Å². The number of ether oxygens (including phenoxy) is 2. The molecule has 1 aliphatic heterocycles. The number of hydrogen-bond donors (Lipinski definition) is 0. The van der Waals surface area contributed by atoms with Crippen molar-refractivity contribution in [3.8, 4) is 11.5 Å². The molecule has 2 aromatic rings. The molecule has 1 aliphatic rings. The number of pyridine rings is 1. The molecule has 0 N–H and O–H groups in total. The van der Waals surface area contributed by atoms with E-state index in [0.29, 0.717) is 25.7 Å². The zero-order valence-electron chi connectivity index (χ0n) is 20.1. The predicted octanol–water partition coefficient (Wildman–Crippen LogP) is 5.59. The van der Waals surface area contributed by atoms with E-state index in [1.807, 2.05) is 29.3 Å². The van der Waals surface area contributed by atoms with Crippen molar-refractivity contribution in [3.05, 3.63) is 53.3 Å². The molecule has 5 heteroatoms. The van der Waals surface area contributed by atoms with Gasteiger partial charge >= 0.3 is 0 Å². The van der Waals surface area contributed by atoms with Crippen LogP contribution >= 0.6 is 0 Å². The molecular weight excluding hydrogens is 400 g/mol. The Morgan fingerprint density at radius 3 is 2.69 bits per heavy atom. The Balaban J connectivity index is 1.60. The fourth-order valence-corrected chi connectivity index (χ4v) is 4.24. The molecule has 5 nitrogen and oxygen atoms in total. The van der Waals surface area contributed by atoms with Gasteiger partial charge in [-0.3, -0.25) is 9.78 Å². The second kappa shape index (κ2) is 11.9. The van der Waals surface area contributed by atoms with Gasteiger partial charge in [0.15, 0.2) is 11.5 Å². The smallest absolute Gasteiger partial charge is 0.225 e. The third-order valence-corrected chi connectivity index (χ3v) is 5.83. The molecule has 2 heterocycles. The van der Waals surface area contributed by atoms with E-state index in [1.54, 1.807) is 0 Å². The number of hydrogen-bond acceptors (Lipinski definition) is 4. The Hall–Kier alpha value is -2.56. The van der Waals surface area contributed by atoms with Gasteiger partial charge in [-0.1, -0.05) is 39.3 Å². The van der Waals surface area contributed by atoms with Crippen LogP contribution in [0.4, 0.5) is 0 Å². The zero-order chi connectivity index (χ0) is 22.9.